The van der Waals surface area contributed by atoms with Crippen molar-refractivity contribution < 1.29 is 22.4 Å². The lowest BCUT2D eigenvalue weighted by molar-refractivity contribution is -0.216. The van der Waals surface area contributed by atoms with Crippen molar-refractivity contribution in [3.05, 3.63) is 23.8 Å². The number of carbonyl (C=O) groups excluding carboxylic acids is 1. The van der Waals surface area contributed by atoms with Crippen LogP contribution in [0.2, 0.25) is 0 Å². The molecule has 1 fully saturated rings. The number of nitrogens with one attached hydrogen (secondary N) is 1. The van der Waals surface area contributed by atoms with Gasteiger partial charge < -0.3 is 10.6 Å². The summed E-state index contributed by atoms with van der Waals surface area (Å²) in [5.74, 6) is -1.17. The molecule has 1 aliphatic rings. The molecule has 1 aromatic carbocycles. The van der Waals surface area contributed by atoms with Crippen LogP contribution in [-0.4, -0.2) is 48.3 Å². The zero-order valence-electron chi connectivity index (χ0n) is 12.5. The third kappa shape index (κ3) is 2.40. The van der Waals surface area contributed by atoms with E-state index in [2.05, 4.69) is 10.3 Å². The summed E-state index contributed by atoms with van der Waals surface area (Å²) >= 11 is 1.02. The fourth-order valence-electron chi connectivity index (χ4n) is 2.95. The average Bonchev–Trinajstić information content (AvgIpc) is 2.87. The van der Waals surface area contributed by atoms with Crippen molar-refractivity contribution in [2.24, 2.45) is 0 Å². The Labute approximate surface area is 138 Å². The highest BCUT2D eigenvalue weighted by atomic mass is 32.1. The second-order valence-electron chi connectivity index (χ2n) is 5.66. The van der Waals surface area contributed by atoms with E-state index in [9.17, 15) is 22.4 Å². The lowest BCUT2D eigenvalue weighted by Crippen LogP contribution is -2.71. The Kier molecular flexibility index (Phi) is 3.91. The third-order valence-corrected chi connectivity index (χ3v) is 4.88. The van der Waals surface area contributed by atoms with Gasteiger partial charge in [-0.2, -0.15) is 13.2 Å². The van der Waals surface area contributed by atoms with Crippen LogP contribution in [0.25, 0.3) is 10.2 Å². The Bertz CT molecular complexity index is 793. The topological polar surface area (TPSA) is 71.2 Å². The molecule has 0 spiro atoms. The largest absolute Gasteiger partial charge is 0.419 e. The summed E-state index contributed by atoms with van der Waals surface area (Å²) < 4.78 is 55.4. The number of benzene rings is 1. The van der Waals surface area contributed by atoms with Gasteiger partial charge in [0.05, 0.1) is 16.3 Å². The summed E-state index contributed by atoms with van der Waals surface area (Å²) in [5.41, 5.74) is 2.72. The van der Waals surface area contributed by atoms with E-state index < -0.39 is 30.3 Å². The fourth-order valence-corrected chi connectivity index (χ4v) is 3.72. The monoisotopic (exact) mass is 362 g/mol. The number of halogens is 4. The number of nitrogens with zero attached hydrogens (tertiary/aromatic N) is 2. The minimum atomic E-state index is -4.95. The first-order chi connectivity index (χ1) is 11.2. The molecule has 130 valence electrons. The molecule has 0 bridgehead atoms. The predicted molar refractivity (Wildman–Crippen MR) is 82.3 cm³/mol. The number of piperazine rings is 1. The zero-order chi connectivity index (χ0) is 17.7. The molecule has 24 heavy (non-hydrogen) atoms. The Morgan fingerprint density at radius 1 is 1.50 bits per heavy atom. The second kappa shape index (κ2) is 5.55. The van der Waals surface area contributed by atoms with Crippen LogP contribution in [0.1, 0.15) is 5.56 Å². The van der Waals surface area contributed by atoms with Crippen LogP contribution in [0.15, 0.2) is 18.2 Å². The predicted octanol–water partition coefficient (Wildman–Crippen LogP) is 2.04. The second-order valence-corrected chi connectivity index (χ2v) is 6.73. The molecule has 0 radical (unpaired) electrons. The lowest BCUT2D eigenvalue weighted by Gasteiger charge is -2.45. The maximum atomic E-state index is 14.0. The number of likely N-dealkylation sites (N-methyl/N-ethyl adjacent to an activating group) is 1. The van der Waals surface area contributed by atoms with Crippen molar-refractivity contribution in [2.45, 2.75) is 17.8 Å². The maximum Gasteiger partial charge on any atom is 0.419 e. The van der Waals surface area contributed by atoms with Gasteiger partial charge in [0.15, 0.2) is 5.13 Å². The molecule has 3 rings (SSSR count). The molecule has 3 N–H and O–H groups in total. The van der Waals surface area contributed by atoms with Gasteiger partial charge in [-0.05, 0) is 17.7 Å². The number of nitrogens with two attached hydrogens (primary N) is 1. The highest BCUT2D eigenvalue weighted by molar-refractivity contribution is 7.22. The maximum absolute atomic E-state index is 14.0. The first kappa shape index (κ1) is 16.9. The summed E-state index contributed by atoms with van der Waals surface area (Å²) in [6.45, 7) is -1.16. The molecule has 1 aliphatic heterocycles. The highest BCUT2D eigenvalue weighted by Gasteiger charge is 2.64. The molecule has 2 aromatic rings. The number of alkyl halides is 4. The number of thiazole rings is 1. The third-order valence-electron chi connectivity index (χ3n) is 4.03. The van der Waals surface area contributed by atoms with E-state index in [1.54, 1.807) is 0 Å². The van der Waals surface area contributed by atoms with E-state index in [0.717, 1.165) is 16.2 Å². The average molecular weight is 362 g/mol. The number of hydrogen-bond acceptors (Lipinski definition) is 5. The van der Waals surface area contributed by atoms with Gasteiger partial charge in [0, 0.05) is 13.6 Å². The Morgan fingerprint density at radius 3 is 2.83 bits per heavy atom. The molecule has 0 aliphatic carbocycles. The molecule has 10 heteroatoms. The van der Waals surface area contributed by atoms with Crippen molar-refractivity contribution in [1.29, 1.82) is 0 Å². The van der Waals surface area contributed by atoms with Crippen molar-refractivity contribution in [3.63, 3.8) is 0 Å². The van der Waals surface area contributed by atoms with Gasteiger partial charge in [0.2, 0.25) is 5.54 Å². The molecular weight excluding hydrogens is 348 g/mol. The molecular formula is C14H14F4N4OS. The number of nitrogen functional groups attached to an aromatic ring is 1. The van der Waals surface area contributed by atoms with E-state index in [0.29, 0.717) is 10.2 Å². The fraction of sp³-hybridized carbons (Fsp3) is 0.429. The lowest BCUT2D eigenvalue weighted by atomic mass is 9.84. The first-order valence-corrected chi connectivity index (χ1v) is 7.83. The van der Waals surface area contributed by atoms with E-state index >= 15 is 0 Å². The van der Waals surface area contributed by atoms with E-state index in [-0.39, 0.29) is 17.2 Å². The van der Waals surface area contributed by atoms with E-state index in [1.165, 1.54) is 25.2 Å². The van der Waals surface area contributed by atoms with Gasteiger partial charge in [-0.3, -0.25) is 10.1 Å². The van der Waals surface area contributed by atoms with Crippen LogP contribution in [0.4, 0.5) is 22.7 Å². The van der Waals surface area contributed by atoms with Gasteiger partial charge in [-0.25, -0.2) is 9.37 Å². The quantitative estimate of drug-likeness (QED) is 0.802. The summed E-state index contributed by atoms with van der Waals surface area (Å²) in [6.07, 6.45) is -4.95. The van der Waals surface area contributed by atoms with Crippen molar-refractivity contribution in [3.8, 4) is 0 Å². The summed E-state index contributed by atoms with van der Waals surface area (Å²) in [7, 11) is 1.23. The summed E-state index contributed by atoms with van der Waals surface area (Å²) in [4.78, 5) is 17.4. The summed E-state index contributed by atoms with van der Waals surface area (Å²) in [6, 6.07) is 2.67. The Balaban J connectivity index is 2.22. The molecule has 0 unspecified atom stereocenters. The number of aromatic nitrogens is 1. The van der Waals surface area contributed by atoms with Crippen molar-refractivity contribution >= 4 is 32.6 Å². The van der Waals surface area contributed by atoms with Crippen molar-refractivity contribution in [1.82, 2.24) is 15.2 Å². The molecule has 5 nitrogen and oxygen atoms in total. The van der Waals surface area contributed by atoms with Gasteiger partial charge >= 0.3 is 6.18 Å². The van der Waals surface area contributed by atoms with Crippen LogP contribution in [0.5, 0.6) is 0 Å². The van der Waals surface area contributed by atoms with Gasteiger partial charge in [-0.15, -0.1) is 0 Å². The number of hydrogen-bond donors (Lipinski definition) is 2. The van der Waals surface area contributed by atoms with Gasteiger partial charge in [0.1, 0.15) is 6.67 Å². The Morgan fingerprint density at radius 2 is 2.21 bits per heavy atom. The molecule has 1 saturated heterocycles. The molecule has 0 saturated carbocycles. The molecule has 2 heterocycles. The van der Waals surface area contributed by atoms with Crippen molar-refractivity contribution in [2.75, 3.05) is 26.0 Å². The highest BCUT2D eigenvalue weighted by Crippen LogP contribution is 2.43. The van der Waals surface area contributed by atoms with Gasteiger partial charge in [-0.1, -0.05) is 17.4 Å². The van der Waals surface area contributed by atoms with Crippen LogP contribution >= 0.6 is 11.3 Å². The van der Waals surface area contributed by atoms with Crippen LogP contribution in [-0.2, 0) is 10.3 Å². The van der Waals surface area contributed by atoms with Crippen LogP contribution in [0.3, 0.4) is 0 Å². The number of carbonyl (C=O) groups is 1. The zero-order valence-corrected chi connectivity index (χ0v) is 13.3. The number of fused-ring (bicyclic) bond motifs is 1. The van der Waals surface area contributed by atoms with Gasteiger partial charge in [0.25, 0.3) is 5.91 Å². The standard InChI is InChI=1S/C14H14F4N4OS/c1-22-6-8(5-15)21-13(11(22)23,14(16,17)18)7-2-3-9-10(4-7)24-12(19)20-9/h2-4,8,21H,5-6H2,1H3,(H2,19,20)/t8-,13-/m0/s1. The molecule has 1 aromatic heterocycles. The normalized spacial score (nSPS) is 25.5. The SMILES string of the molecule is CN1C[C@H](CF)N[C@](c2ccc3nc(N)sc3c2)(C(F)(F)F)C1=O. The smallest absolute Gasteiger partial charge is 0.375 e. The Hall–Kier alpha value is -1.94. The number of anilines is 1. The van der Waals surface area contributed by atoms with E-state index in [4.69, 9.17) is 5.73 Å². The summed E-state index contributed by atoms with van der Waals surface area (Å²) in [5, 5.41) is 2.40. The van der Waals surface area contributed by atoms with Crippen LogP contribution in [0, 0.1) is 0 Å². The van der Waals surface area contributed by atoms with E-state index in [1.807, 2.05) is 0 Å². The van der Waals surface area contributed by atoms with Crippen LogP contribution < -0.4 is 11.1 Å². The number of amides is 1. The molecule has 1 amide bonds. The minimum Gasteiger partial charge on any atom is -0.375 e. The minimum absolute atomic E-state index is 0.136. The first-order valence-electron chi connectivity index (χ1n) is 7.01. The number of rotatable bonds is 2. The molecule has 2 atom stereocenters.